The van der Waals surface area contributed by atoms with Crippen LogP contribution in [0.2, 0.25) is 0 Å². The maximum atomic E-state index is 9.39. The van der Waals surface area contributed by atoms with Crippen LogP contribution in [0.25, 0.3) is 0 Å². The van der Waals surface area contributed by atoms with Crippen molar-refractivity contribution in [2.45, 2.75) is 19.9 Å². The molecule has 0 spiro atoms. The third kappa shape index (κ3) is 3.89. The summed E-state index contributed by atoms with van der Waals surface area (Å²) in [6, 6.07) is 16.3. The van der Waals surface area contributed by atoms with E-state index >= 15 is 0 Å². The quantitative estimate of drug-likeness (QED) is 0.848. The fraction of sp³-hybridized carbons (Fsp3) is 0.353. The molecule has 0 saturated carbocycles. The van der Waals surface area contributed by atoms with Gasteiger partial charge in [-0.3, -0.25) is 4.98 Å². The van der Waals surface area contributed by atoms with Gasteiger partial charge in [0.05, 0.1) is 11.7 Å². The minimum atomic E-state index is -0.151. The Labute approximate surface area is 120 Å². The predicted molar refractivity (Wildman–Crippen MR) is 81.4 cm³/mol. The van der Waals surface area contributed by atoms with Crippen molar-refractivity contribution in [2.75, 3.05) is 13.2 Å². The van der Waals surface area contributed by atoms with E-state index in [1.54, 1.807) is 0 Å². The monoisotopic (exact) mass is 270 g/mol. The standard InChI is InChI=1S/C17H22N2O/c1-17(2,13-20)12-19-16(14-8-4-3-5-9-14)15-10-6-7-11-18-15/h3-11,16,19-20H,12-13H2,1-2H3. The Morgan fingerprint density at radius 3 is 2.40 bits per heavy atom. The van der Waals surface area contributed by atoms with Gasteiger partial charge in [-0.2, -0.15) is 0 Å². The highest BCUT2D eigenvalue weighted by Gasteiger charge is 2.21. The molecule has 106 valence electrons. The Bertz CT molecular complexity index is 472. The summed E-state index contributed by atoms with van der Waals surface area (Å²) in [6.07, 6.45) is 1.81. The molecule has 0 saturated heterocycles. The molecule has 1 atom stereocenters. The van der Waals surface area contributed by atoms with Crippen LogP contribution in [0.1, 0.15) is 31.1 Å². The first-order chi connectivity index (χ1) is 9.62. The molecule has 1 aromatic carbocycles. The fourth-order valence-electron chi connectivity index (χ4n) is 2.02. The number of nitrogens with one attached hydrogen (secondary N) is 1. The molecule has 0 radical (unpaired) electrons. The maximum absolute atomic E-state index is 9.39. The SMILES string of the molecule is CC(C)(CO)CNC(c1ccccc1)c1ccccn1. The average molecular weight is 270 g/mol. The summed E-state index contributed by atoms with van der Waals surface area (Å²) in [6.45, 7) is 4.96. The van der Waals surface area contributed by atoms with Crippen LogP contribution in [0.4, 0.5) is 0 Å². The largest absolute Gasteiger partial charge is 0.396 e. The van der Waals surface area contributed by atoms with Crippen LogP contribution in [0.15, 0.2) is 54.7 Å². The molecule has 1 aromatic heterocycles. The Morgan fingerprint density at radius 2 is 1.80 bits per heavy atom. The van der Waals surface area contributed by atoms with Crippen LogP contribution in [-0.2, 0) is 0 Å². The van der Waals surface area contributed by atoms with Crippen molar-refractivity contribution in [3.8, 4) is 0 Å². The lowest BCUT2D eigenvalue weighted by atomic mass is 9.93. The van der Waals surface area contributed by atoms with Crippen molar-refractivity contribution in [1.82, 2.24) is 10.3 Å². The third-order valence-electron chi connectivity index (χ3n) is 3.33. The Balaban J connectivity index is 2.22. The van der Waals surface area contributed by atoms with E-state index in [-0.39, 0.29) is 18.1 Å². The Morgan fingerprint density at radius 1 is 1.10 bits per heavy atom. The van der Waals surface area contributed by atoms with Crippen molar-refractivity contribution < 1.29 is 5.11 Å². The first kappa shape index (κ1) is 14.7. The number of aliphatic hydroxyl groups excluding tert-OH is 1. The first-order valence-electron chi connectivity index (χ1n) is 6.92. The van der Waals surface area contributed by atoms with E-state index in [1.165, 1.54) is 5.56 Å². The van der Waals surface area contributed by atoms with Crippen molar-refractivity contribution in [3.05, 3.63) is 66.0 Å². The van der Waals surface area contributed by atoms with E-state index in [9.17, 15) is 5.11 Å². The lowest BCUT2D eigenvalue weighted by Gasteiger charge is -2.26. The highest BCUT2D eigenvalue weighted by Crippen LogP contribution is 2.22. The molecular weight excluding hydrogens is 248 g/mol. The van der Waals surface area contributed by atoms with E-state index < -0.39 is 0 Å². The van der Waals surface area contributed by atoms with Gasteiger partial charge in [-0.05, 0) is 17.7 Å². The lowest BCUT2D eigenvalue weighted by molar-refractivity contribution is 0.154. The maximum Gasteiger partial charge on any atom is 0.0751 e. The van der Waals surface area contributed by atoms with E-state index in [1.807, 2.05) is 56.4 Å². The number of aliphatic hydroxyl groups is 1. The average Bonchev–Trinajstić information content (AvgIpc) is 2.49. The number of aromatic nitrogens is 1. The number of benzene rings is 1. The molecule has 1 unspecified atom stereocenters. The second kappa shape index (κ2) is 6.64. The molecule has 20 heavy (non-hydrogen) atoms. The third-order valence-corrected chi connectivity index (χ3v) is 3.33. The molecule has 0 fully saturated rings. The predicted octanol–water partition coefficient (Wildman–Crippen LogP) is 2.78. The Hall–Kier alpha value is -1.71. The van der Waals surface area contributed by atoms with E-state index in [0.717, 1.165) is 12.2 Å². The van der Waals surface area contributed by atoms with Gasteiger partial charge in [0.1, 0.15) is 0 Å². The zero-order chi connectivity index (χ0) is 14.4. The van der Waals surface area contributed by atoms with Gasteiger partial charge in [-0.25, -0.2) is 0 Å². The van der Waals surface area contributed by atoms with Gasteiger partial charge in [0, 0.05) is 24.8 Å². The molecule has 2 rings (SSSR count). The summed E-state index contributed by atoms with van der Waals surface area (Å²) < 4.78 is 0. The molecule has 0 bridgehead atoms. The fourth-order valence-corrected chi connectivity index (χ4v) is 2.02. The van der Waals surface area contributed by atoms with Gasteiger partial charge >= 0.3 is 0 Å². The van der Waals surface area contributed by atoms with E-state index in [4.69, 9.17) is 0 Å². The molecule has 0 amide bonds. The highest BCUT2D eigenvalue weighted by atomic mass is 16.3. The van der Waals surface area contributed by atoms with E-state index in [2.05, 4.69) is 22.4 Å². The molecular formula is C17H22N2O. The van der Waals surface area contributed by atoms with Crippen molar-refractivity contribution >= 4 is 0 Å². The van der Waals surface area contributed by atoms with Gasteiger partial charge < -0.3 is 10.4 Å². The minimum absolute atomic E-state index is 0.0447. The summed E-state index contributed by atoms with van der Waals surface area (Å²) in [5.74, 6) is 0. The van der Waals surface area contributed by atoms with Gasteiger partial charge in [-0.1, -0.05) is 50.2 Å². The Kier molecular flexibility index (Phi) is 4.88. The van der Waals surface area contributed by atoms with Gasteiger partial charge in [0.2, 0.25) is 0 Å². The number of pyridine rings is 1. The zero-order valence-electron chi connectivity index (χ0n) is 12.1. The number of hydrogen-bond donors (Lipinski definition) is 2. The van der Waals surface area contributed by atoms with Crippen molar-refractivity contribution in [2.24, 2.45) is 5.41 Å². The molecule has 0 aliphatic heterocycles. The first-order valence-corrected chi connectivity index (χ1v) is 6.92. The lowest BCUT2D eigenvalue weighted by Crippen LogP contribution is -2.35. The normalized spacial score (nSPS) is 13.2. The topological polar surface area (TPSA) is 45.1 Å². The summed E-state index contributed by atoms with van der Waals surface area (Å²) in [5, 5.41) is 12.9. The van der Waals surface area contributed by atoms with Crippen LogP contribution in [0.3, 0.4) is 0 Å². The van der Waals surface area contributed by atoms with Crippen LogP contribution >= 0.6 is 0 Å². The number of rotatable bonds is 6. The molecule has 0 aliphatic rings. The van der Waals surface area contributed by atoms with E-state index in [0.29, 0.717) is 0 Å². The van der Waals surface area contributed by atoms with Gasteiger partial charge in [-0.15, -0.1) is 0 Å². The second-order valence-electron chi connectivity index (χ2n) is 5.80. The van der Waals surface area contributed by atoms with Crippen LogP contribution in [0.5, 0.6) is 0 Å². The second-order valence-corrected chi connectivity index (χ2v) is 5.80. The molecule has 2 N–H and O–H groups in total. The summed E-state index contributed by atoms with van der Waals surface area (Å²) in [7, 11) is 0. The molecule has 1 heterocycles. The van der Waals surface area contributed by atoms with Crippen molar-refractivity contribution in [1.29, 1.82) is 0 Å². The number of hydrogen-bond acceptors (Lipinski definition) is 3. The summed E-state index contributed by atoms with van der Waals surface area (Å²) >= 11 is 0. The molecule has 0 aliphatic carbocycles. The minimum Gasteiger partial charge on any atom is -0.396 e. The smallest absolute Gasteiger partial charge is 0.0751 e. The highest BCUT2D eigenvalue weighted by molar-refractivity contribution is 5.27. The molecule has 2 aromatic rings. The van der Waals surface area contributed by atoms with Crippen LogP contribution < -0.4 is 5.32 Å². The molecule has 3 heteroatoms. The van der Waals surface area contributed by atoms with Gasteiger partial charge in [0.25, 0.3) is 0 Å². The van der Waals surface area contributed by atoms with Crippen LogP contribution in [-0.4, -0.2) is 23.2 Å². The molecule has 3 nitrogen and oxygen atoms in total. The van der Waals surface area contributed by atoms with Crippen molar-refractivity contribution in [3.63, 3.8) is 0 Å². The van der Waals surface area contributed by atoms with Crippen LogP contribution in [0, 0.1) is 5.41 Å². The number of nitrogens with zero attached hydrogens (tertiary/aromatic N) is 1. The zero-order valence-corrected chi connectivity index (χ0v) is 12.1. The van der Waals surface area contributed by atoms with Gasteiger partial charge in [0.15, 0.2) is 0 Å². The summed E-state index contributed by atoms with van der Waals surface area (Å²) in [5.41, 5.74) is 2.02. The summed E-state index contributed by atoms with van der Waals surface area (Å²) in [4.78, 5) is 4.46.